The summed E-state index contributed by atoms with van der Waals surface area (Å²) in [5.74, 6) is 0. The van der Waals surface area contributed by atoms with Crippen molar-refractivity contribution in [1.29, 1.82) is 0 Å². The van der Waals surface area contributed by atoms with Crippen molar-refractivity contribution in [1.82, 2.24) is 19.9 Å². The molecule has 0 saturated carbocycles. The van der Waals surface area contributed by atoms with E-state index in [9.17, 15) is 4.79 Å². The Kier molecular flexibility index (Phi) is 3.59. The molecule has 7 heteroatoms. The molecule has 2 aromatic heterocycles. The van der Waals surface area contributed by atoms with Gasteiger partial charge >= 0.3 is 0 Å². The Balaban J connectivity index is 2.40. The van der Waals surface area contributed by atoms with Gasteiger partial charge in [-0.05, 0) is 26.2 Å². The number of H-pyrrole nitrogens is 1. The number of aromatic nitrogens is 3. The summed E-state index contributed by atoms with van der Waals surface area (Å²) in [5.41, 5.74) is 3.03. The maximum Gasteiger partial charge on any atom is 0.261 e. The molecule has 2 aromatic rings. The lowest BCUT2D eigenvalue weighted by atomic mass is 10.1. The molecule has 6 nitrogen and oxygen atoms in total. The smallest absolute Gasteiger partial charge is 0.261 e. The molecular formula is C14H17N5OS. The van der Waals surface area contributed by atoms with Crippen molar-refractivity contribution in [2.24, 2.45) is 4.99 Å². The molecule has 2 N–H and O–H groups in total. The highest BCUT2D eigenvalue weighted by molar-refractivity contribution is 7.99. The lowest BCUT2D eigenvalue weighted by Gasteiger charge is -2.20. The van der Waals surface area contributed by atoms with Gasteiger partial charge in [0.15, 0.2) is 5.50 Å². The Bertz CT molecular complexity index is 837. The van der Waals surface area contributed by atoms with Crippen molar-refractivity contribution in [3.8, 4) is 11.3 Å². The highest BCUT2D eigenvalue weighted by Gasteiger charge is 2.16. The largest absolute Gasteiger partial charge is 0.358 e. The van der Waals surface area contributed by atoms with E-state index in [1.165, 1.54) is 0 Å². The van der Waals surface area contributed by atoms with E-state index in [1.807, 2.05) is 26.2 Å². The average molecular weight is 303 g/mol. The quantitative estimate of drug-likeness (QED) is 0.853. The van der Waals surface area contributed by atoms with Gasteiger partial charge in [-0.1, -0.05) is 0 Å². The van der Waals surface area contributed by atoms with Crippen molar-refractivity contribution >= 4 is 17.5 Å². The molecule has 1 aliphatic rings. The van der Waals surface area contributed by atoms with Gasteiger partial charge in [0.2, 0.25) is 0 Å². The molecule has 0 fully saturated rings. The first-order valence-corrected chi connectivity index (χ1v) is 8.05. The highest BCUT2D eigenvalue weighted by atomic mass is 32.2. The van der Waals surface area contributed by atoms with Crippen LogP contribution >= 0.6 is 11.8 Å². The van der Waals surface area contributed by atoms with Crippen molar-refractivity contribution < 1.29 is 0 Å². The minimum absolute atomic E-state index is 0.0428. The molecule has 0 bridgehead atoms. The molecule has 0 spiro atoms. The van der Waals surface area contributed by atoms with E-state index in [1.54, 1.807) is 28.9 Å². The van der Waals surface area contributed by atoms with Crippen molar-refractivity contribution in [3.63, 3.8) is 0 Å². The van der Waals surface area contributed by atoms with E-state index in [4.69, 9.17) is 0 Å². The van der Waals surface area contributed by atoms with Gasteiger partial charge in [-0.15, -0.1) is 11.8 Å². The fourth-order valence-corrected chi connectivity index (χ4v) is 2.98. The molecule has 1 unspecified atom stereocenters. The Morgan fingerprint density at radius 2 is 2.29 bits per heavy atom. The number of nitrogens with zero attached hydrogens (tertiary/aromatic N) is 3. The van der Waals surface area contributed by atoms with Crippen LogP contribution in [0.15, 0.2) is 28.4 Å². The van der Waals surface area contributed by atoms with E-state index >= 15 is 0 Å². The van der Waals surface area contributed by atoms with Crippen molar-refractivity contribution in [3.05, 3.63) is 39.7 Å². The van der Waals surface area contributed by atoms with E-state index < -0.39 is 0 Å². The zero-order valence-corrected chi connectivity index (χ0v) is 13.0. The van der Waals surface area contributed by atoms with Gasteiger partial charge in [0.25, 0.3) is 5.56 Å². The Hall–Kier alpha value is -2.02. The predicted octanol–water partition coefficient (Wildman–Crippen LogP) is 0.256. The van der Waals surface area contributed by atoms with Crippen LogP contribution in [0.4, 0.5) is 0 Å². The minimum atomic E-state index is -0.0484. The number of nitrogens with one attached hydrogen (secondary N) is 2. The summed E-state index contributed by atoms with van der Waals surface area (Å²) in [6.07, 6.45) is 5.23. The standard InChI is InChI=1S/C14H17N5OS/c1-4-19-12-9(8(2)17-14(18-12)21-3)5-10(13(19)20)11-6-15-7-16-11/h5-7,14,17H,4H2,1-3H3,(H,15,16). The molecule has 1 aliphatic heterocycles. The van der Waals surface area contributed by atoms with Crippen LogP contribution < -0.4 is 21.6 Å². The number of hydrogen-bond acceptors (Lipinski definition) is 5. The van der Waals surface area contributed by atoms with Crippen LogP contribution in [0.25, 0.3) is 17.0 Å². The fourth-order valence-electron chi connectivity index (χ4n) is 2.48. The molecule has 0 aliphatic carbocycles. The maximum atomic E-state index is 12.7. The van der Waals surface area contributed by atoms with Gasteiger partial charge < -0.3 is 10.3 Å². The van der Waals surface area contributed by atoms with Crippen LogP contribution in [0.3, 0.4) is 0 Å². The second kappa shape index (κ2) is 5.40. The third kappa shape index (κ3) is 2.27. The minimum Gasteiger partial charge on any atom is -0.358 e. The first-order chi connectivity index (χ1) is 10.2. The molecule has 1 atom stereocenters. The number of thioether (sulfide) groups is 1. The SMILES string of the molecule is CCn1c(=O)c(-c2cnc[nH]2)cc2c1=NC(SC)NC=2C. The number of imidazole rings is 1. The summed E-state index contributed by atoms with van der Waals surface area (Å²) in [5, 5.41) is 4.30. The summed E-state index contributed by atoms with van der Waals surface area (Å²) in [7, 11) is 0. The summed E-state index contributed by atoms with van der Waals surface area (Å²) >= 11 is 1.61. The van der Waals surface area contributed by atoms with Crippen LogP contribution in [-0.4, -0.2) is 26.3 Å². The van der Waals surface area contributed by atoms with Crippen molar-refractivity contribution in [2.45, 2.75) is 25.9 Å². The molecular weight excluding hydrogens is 286 g/mol. The summed E-state index contributed by atoms with van der Waals surface area (Å²) in [6, 6.07) is 1.89. The zero-order valence-electron chi connectivity index (χ0n) is 12.2. The Labute approximate surface area is 126 Å². The van der Waals surface area contributed by atoms with E-state index in [0.717, 1.165) is 22.1 Å². The first kappa shape index (κ1) is 13.9. The molecule has 0 amide bonds. The van der Waals surface area contributed by atoms with Crippen molar-refractivity contribution in [2.75, 3.05) is 6.26 Å². The third-order valence-electron chi connectivity index (χ3n) is 3.57. The third-order valence-corrected chi connectivity index (χ3v) is 4.24. The highest BCUT2D eigenvalue weighted by Crippen LogP contribution is 2.10. The number of pyridine rings is 1. The lowest BCUT2D eigenvalue weighted by molar-refractivity contribution is 0.642. The molecule has 0 aromatic carbocycles. The number of hydrogen-bond donors (Lipinski definition) is 2. The van der Waals surface area contributed by atoms with E-state index in [2.05, 4.69) is 20.3 Å². The normalized spacial score (nSPS) is 17.1. The van der Waals surface area contributed by atoms with Crippen LogP contribution in [-0.2, 0) is 6.54 Å². The molecule has 3 rings (SSSR count). The van der Waals surface area contributed by atoms with Gasteiger partial charge in [0.05, 0.1) is 23.8 Å². The molecule has 0 saturated heterocycles. The Morgan fingerprint density at radius 1 is 1.48 bits per heavy atom. The summed E-state index contributed by atoms with van der Waals surface area (Å²) in [6.45, 7) is 4.55. The van der Waals surface area contributed by atoms with Crippen LogP contribution in [0.1, 0.15) is 13.8 Å². The molecule has 21 heavy (non-hydrogen) atoms. The topological polar surface area (TPSA) is 75.1 Å². The Morgan fingerprint density at radius 3 is 2.90 bits per heavy atom. The van der Waals surface area contributed by atoms with Gasteiger partial charge in [0, 0.05) is 17.5 Å². The zero-order chi connectivity index (χ0) is 15.0. The predicted molar refractivity (Wildman–Crippen MR) is 84.3 cm³/mol. The van der Waals surface area contributed by atoms with Gasteiger partial charge in [-0.25, -0.2) is 9.98 Å². The number of aromatic amines is 1. The van der Waals surface area contributed by atoms with Gasteiger partial charge in [-0.2, -0.15) is 0 Å². The van der Waals surface area contributed by atoms with E-state index in [0.29, 0.717) is 12.1 Å². The first-order valence-electron chi connectivity index (χ1n) is 6.76. The number of fused-ring (bicyclic) bond motifs is 1. The fraction of sp³-hybridized carbons (Fsp3) is 0.357. The van der Waals surface area contributed by atoms with Crippen LogP contribution in [0.2, 0.25) is 0 Å². The second-order valence-electron chi connectivity index (χ2n) is 4.80. The summed E-state index contributed by atoms with van der Waals surface area (Å²) < 4.78 is 1.72. The average Bonchev–Trinajstić information content (AvgIpc) is 3.00. The molecule has 110 valence electrons. The molecule has 0 radical (unpaired) electrons. The second-order valence-corrected chi connectivity index (χ2v) is 5.71. The van der Waals surface area contributed by atoms with Gasteiger partial charge in [-0.3, -0.25) is 9.36 Å². The molecule has 3 heterocycles. The van der Waals surface area contributed by atoms with Crippen LogP contribution in [0.5, 0.6) is 0 Å². The number of rotatable bonds is 3. The monoisotopic (exact) mass is 303 g/mol. The van der Waals surface area contributed by atoms with E-state index in [-0.39, 0.29) is 11.1 Å². The lowest BCUT2D eigenvalue weighted by Crippen LogP contribution is -2.50. The summed E-state index contributed by atoms with van der Waals surface area (Å²) in [4.78, 5) is 24.3. The van der Waals surface area contributed by atoms with Gasteiger partial charge in [0.1, 0.15) is 5.49 Å². The van der Waals surface area contributed by atoms with Crippen LogP contribution in [0, 0.1) is 0 Å². The maximum absolute atomic E-state index is 12.7.